The molecular weight excluding hydrogens is 1850 g/mol. The molecule has 758 valence electrons. The van der Waals surface area contributed by atoms with Crippen molar-refractivity contribution in [2.75, 3.05) is 74.8 Å². The molecule has 0 aromatic heterocycles. The molecule has 0 aliphatic heterocycles. The molecule has 23 N–H and O–H groups in total. The minimum atomic E-state index is -0.259. The Kier molecular flexibility index (Phi) is 47.8. The number of phenols is 14. The summed E-state index contributed by atoms with van der Waals surface area (Å²) in [5, 5.41) is 175. The fraction of sp³-hybridized carbons (Fsp3) is 0.200. The summed E-state index contributed by atoms with van der Waals surface area (Å²) in [5.74, 6) is 0.139. The van der Waals surface area contributed by atoms with Crippen molar-refractivity contribution in [2.24, 2.45) is 0 Å². The third-order valence-electron chi connectivity index (χ3n) is 21.0. The Morgan fingerprint density at radius 2 is 0.479 bits per heavy atom. The molecule has 144 heavy (non-hydrogen) atoms. The molecule has 0 radical (unpaired) electrons. The smallest absolute Gasteiger partial charge is 0.244 e. The van der Waals surface area contributed by atoms with Gasteiger partial charge in [-0.1, -0.05) is 97.1 Å². The van der Waals surface area contributed by atoms with Crippen LogP contribution in [0.1, 0.15) is 89.9 Å². The van der Waals surface area contributed by atoms with Gasteiger partial charge in [-0.25, -0.2) is 0 Å². The minimum absolute atomic E-state index is 0.0382. The van der Waals surface area contributed by atoms with Crippen LogP contribution < -0.4 is 55.6 Å². The molecule has 34 nitrogen and oxygen atoms in total. The second-order valence-electron chi connectivity index (χ2n) is 31.5. The number of nitrogens with one attached hydrogen (secondary N) is 6. The number of amides is 6. The molecule has 0 saturated carbocycles. The predicted octanol–water partition coefficient (Wildman–Crippen LogP) is 12.7. The maximum atomic E-state index is 12.0. The number of carbonyl (C=O) groups is 6. The van der Waals surface area contributed by atoms with Gasteiger partial charge in [-0.3, -0.25) is 28.8 Å². The van der Waals surface area contributed by atoms with Crippen molar-refractivity contribution >= 4 is 65.8 Å². The average Bonchev–Trinajstić information content (AvgIpc) is 0.869. The summed E-state index contributed by atoms with van der Waals surface area (Å²) in [4.78, 5) is 70.8. The summed E-state index contributed by atoms with van der Waals surface area (Å²) >= 11 is 0. The Labute approximate surface area is 832 Å². The lowest BCUT2D eigenvalue weighted by Crippen LogP contribution is -2.25. The van der Waals surface area contributed by atoms with E-state index in [1.807, 2.05) is 18.2 Å². The van der Waals surface area contributed by atoms with Crippen LogP contribution in [0.4, 0.5) is 0 Å². The summed E-state index contributed by atoms with van der Waals surface area (Å²) < 4.78 is 25.5. The van der Waals surface area contributed by atoms with E-state index >= 15 is 0 Å². The number of hydrogen-bond acceptors (Lipinski definition) is 28. The van der Waals surface area contributed by atoms with E-state index in [-0.39, 0.29) is 136 Å². The van der Waals surface area contributed by atoms with Gasteiger partial charge in [-0.2, -0.15) is 0 Å². The zero-order chi connectivity index (χ0) is 105. The quantitative estimate of drug-likeness (QED) is 0.0126. The maximum absolute atomic E-state index is 12.0. The summed E-state index contributed by atoms with van der Waals surface area (Å²) in [5.41, 5.74) is 11.9. The lowest BCUT2D eigenvalue weighted by molar-refractivity contribution is -0.121. The van der Waals surface area contributed by atoms with Crippen molar-refractivity contribution in [1.82, 2.24) is 31.9 Å². The van der Waals surface area contributed by atoms with Crippen LogP contribution in [0.5, 0.6) is 109 Å². The first kappa shape index (κ1) is 113. The lowest BCUT2D eigenvalue weighted by atomic mass is 10.0. The molecule has 12 aromatic carbocycles. The summed E-state index contributed by atoms with van der Waals surface area (Å²) in [6.45, 7) is 2.26. The van der Waals surface area contributed by atoms with E-state index in [0.29, 0.717) is 147 Å². The zero-order valence-electron chi connectivity index (χ0n) is 79.8. The normalized spacial score (nSPS) is 10.7. The van der Waals surface area contributed by atoms with Gasteiger partial charge in [0.15, 0.2) is 92.0 Å². The average molecular weight is 1970 g/mol. The lowest BCUT2D eigenvalue weighted by Gasteiger charge is -2.09. The molecule has 0 bridgehead atoms. The number of phenolic OH excluding ortho intramolecular Hbond substituents is 13. The van der Waals surface area contributed by atoms with Crippen LogP contribution in [-0.4, -0.2) is 197 Å². The van der Waals surface area contributed by atoms with Crippen molar-refractivity contribution in [2.45, 2.75) is 71.2 Å². The van der Waals surface area contributed by atoms with Gasteiger partial charge < -0.3 is 142 Å². The van der Waals surface area contributed by atoms with Gasteiger partial charge >= 0.3 is 0 Å². The molecule has 0 aliphatic rings. The molecular formula is C110H120N6O28. The Bertz CT molecular complexity index is 6110. The largest absolute Gasteiger partial charge is 0.508 e. The number of aryl methyl sites for hydroxylation is 1. The van der Waals surface area contributed by atoms with Crippen LogP contribution in [-0.2, 0) is 93.5 Å². The summed E-state index contributed by atoms with van der Waals surface area (Å²) in [6, 6.07) is 61.9. The van der Waals surface area contributed by atoms with Crippen LogP contribution in [0, 0.1) is 0 Å². The van der Waals surface area contributed by atoms with E-state index in [0.717, 1.165) is 55.6 Å². The van der Waals surface area contributed by atoms with Crippen molar-refractivity contribution in [3.8, 4) is 109 Å². The minimum Gasteiger partial charge on any atom is -0.508 e. The van der Waals surface area contributed by atoms with Gasteiger partial charge in [0.1, 0.15) is 17.2 Å². The summed E-state index contributed by atoms with van der Waals surface area (Å²) in [7, 11) is 7.53. The fourth-order valence-corrected chi connectivity index (χ4v) is 13.0. The number of aliphatic hydroxyl groups excluding tert-OH is 3. The summed E-state index contributed by atoms with van der Waals surface area (Å²) in [6.07, 6.45) is 19.5. The first-order chi connectivity index (χ1) is 69.2. The van der Waals surface area contributed by atoms with E-state index in [9.17, 15) is 110 Å². The van der Waals surface area contributed by atoms with E-state index < -0.39 is 0 Å². The van der Waals surface area contributed by atoms with Crippen molar-refractivity contribution < 1.29 is 139 Å². The number of aromatic hydroxyl groups is 14. The van der Waals surface area contributed by atoms with Crippen molar-refractivity contribution in [1.29, 1.82) is 0 Å². The van der Waals surface area contributed by atoms with E-state index in [1.54, 1.807) is 196 Å². The van der Waals surface area contributed by atoms with Crippen LogP contribution in [0.15, 0.2) is 261 Å². The highest BCUT2D eigenvalue weighted by atomic mass is 16.5. The molecule has 0 spiro atoms. The molecule has 0 fully saturated rings. The SMILES string of the molecule is COc1cc(/C=C/C(=O)NCCc2ccc(O)c(O)c2)ccc1O.COc1cc(/C=C\C(=O)NCCc2ccc(O)c(O)c2)ccc1O.COc1cc(CCC(=O)NCCc2ccc(O)c(CO)c2)ccc1O.COc1ccc(/C=C/C(=O)NCCc2ccc(CO)c(CO)c2)cc1OC.O=C(/C=C/c1ccc(O)c(O)c1)NCCc1ccc(O)cc1.O=C(/C=C\c1ccc(O)c(O)c1)NCCc1ccc(O)cc1. The molecule has 0 aliphatic carbocycles. The van der Waals surface area contributed by atoms with Crippen molar-refractivity contribution in [3.05, 3.63) is 344 Å². The number of rotatable bonds is 39. The number of carbonyl (C=O) groups excluding carboxylic acids is 6. The van der Waals surface area contributed by atoms with Crippen LogP contribution in [0.25, 0.3) is 30.4 Å². The first-order valence-electron chi connectivity index (χ1n) is 45.0. The second-order valence-corrected chi connectivity index (χ2v) is 31.5. The van der Waals surface area contributed by atoms with Gasteiger partial charge in [-0.05, 0) is 287 Å². The molecule has 0 unspecified atom stereocenters. The first-order valence-corrected chi connectivity index (χ1v) is 45.0. The van der Waals surface area contributed by atoms with Crippen molar-refractivity contribution in [3.63, 3.8) is 0 Å². The van der Waals surface area contributed by atoms with Gasteiger partial charge in [0, 0.05) is 81.6 Å². The van der Waals surface area contributed by atoms with Crippen LogP contribution >= 0.6 is 0 Å². The highest BCUT2D eigenvalue weighted by molar-refractivity contribution is 5.94. The van der Waals surface area contributed by atoms with Crippen LogP contribution in [0.2, 0.25) is 0 Å². The molecule has 0 saturated heterocycles. The van der Waals surface area contributed by atoms with Gasteiger partial charge in [0.25, 0.3) is 0 Å². The molecule has 12 aromatic rings. The molecule has 0 heterocycles. The Balaban J connectivity index is 0.000000235. The Morgan fingerprint density at radius 1 is 0.222 bits per heavy atom. The topological polar surface area (TPSA) is 565 Å². The Morgan fingerprint density at radius 3 is 0.819 bits per heavy atom. The Hall–Kier alpha value is -17.8. The van der Waals surface area contributed by atoms with E-state index in [2.05, 4.69) is 31.9 Å². The second kappa shape index (κ2) is 60.8. The fourth-order valence-electron chi connectivity index (χ4n) is 13.0. The third-order valence-corrected chi connectivity index (χ3v) is 21.0. The molecule has 34 heteroatoms. The number of benzene rings is 12. The molecule has 12 rings (SSSR count). The monoisotopic (exact) mass is 1970 g/mol. The van der Waals surface area contributed by atoms with Gasteiger partial charge in [0.05, 0.1) is 55.4 Å². The number of aliphatic hydroxyl groups is 3. The maximum Gasteiger partial charge on any atom is 0.244 e. The zero-order valence-corrected chi connectivity index (χ0v) is 79.8. The number of methoxy groups -OCH3 is 5. The molecule has 6 amide bonds. The van der Waals surface area contributed by atoms with E-state index in [4.69, 9.17) is 28.8 Å². The standard InChI is InChI=1S/C21H25NO5.C19H23NO5.2C18H19NO5.2C17H17NO4/c1-26-19-7-4-15(12-20(19)27-2)5-8-21(25)22-10-9-16-3-6-17(13-23)18(11-16)14-24;1-25-18-11-13(3-6-17(18)23)4-7-19(24)20-9-8-14-2-5-16(22)15(10-14)12-21;2*1-24-17-11-12(3-6-15(17)21)4-7-18(23)19-9-8-13-2-5-14(20)16(22)10-13;2*19-14-5-1-12(2-6-14)9-10-18-17(22)8-4-13-3-7-15(20)16(21)11-13/h3-8,11-12,23-24H,9-10,13-14H2,1-2H3,(H,22,25);2-3,5-6,10-11,21-23H,4,7-9,12H2,1H3,(H,20,24);2*2-7,10-11,20-22H,8-9H2,1H3,(H,19,23);2*1-8,11,19-21H,9-10H2,(H,18,22)/b8-5+;;7-4+;7-4-;8-4+;8-4-. The van der Waals surface area contributed by atoms with Gasteiger partial charge in [-0.15, -0.1) is 0 Å². The number of hydrogen-bond donors (Lipinski definition) is 23. The van der Waals surface area contributed by atoms with Gasteiger partial charge in [0.2, 0.25) is 35.4 Å². The predicted molar refractivity (Wildman–Crippen MR) is 545 cm³/mol. The third kappa shape index (κ3) is 41.1. The number of ether oxygens (including phenoxy) is 5. The van der Waals surface area contributed by atoms with Crippen LogP contribution in [0.3, 0.4) is 0 Å². The molecule has 0 atom stereocenters. The highest BCUT2D eigenvalue weighted by Crippen LogP contribution is 2.34. The highest BCUT2D eigenvalue weighted by Gasteiger charge is 2.14. The van der Waals surface area contributed by atoms with E-state index in [1.165, 1.54) is 112 Å².